The number of nitro benzene ring substituents is 1. The van der Waals surface area contributed by atoms with Gasteiger partial charge in [-0.25, -0.2) is 0 Å². The Kier molecular flexibility index (Phi) is 4.83. The standard InChI is InChI=1S/C17H16N2O5/c18-16(12-5-2-1-3-6-12)24-15-11-13(7-8-14(15)19(20)21)17-22-9-4-10-23-17/h1-3,5-8,11,17-18H,4,9-10H2. The van der Waals surface area contributed by atoms with Gasteiger partial charge in [-0.3, -0.25) is 15.5 Å². The zero-order valence-corrected chi connectivity index (χ0v) is 12.8. The van der Waals surface area contributed by atoms with Gasteiger partial charge in [-0.15, -0.1) is 0 Å². The SMILES string of the molecule is N=C(Oc1cc(C2OCCCO2)ccc1[N+](=O)[O-])c1ccccc1. The van der Waals surface area contributed by atoms with Gasteiger partial charge in [0.15, 0.2) is 6.29 Å². The van der Waals surface area contributed by atoms with Crippen molar-refractivity contribution in [3.05, 3.63) is 69.8 Å². The largest absolute Gasteiger partial charge is 0.432 e. The van der Waals surface area contributed by atoms with E-state index in [1.165, 1.54) is 12.1 Å². The molecular formula is C17H16N2O5. The average Bonchev–Trinajstić information content (AvgIpc) is 2.63. The maximum absolute atomic E-state index is 11.2. The van der Waals surface area contributed by atoms with E-state index in [4.69, 9.17) is 19.6 Å². The summed E-state index contributed by atoms with van der Waals surface area (Å²) in [6.07, 6.45) is 0.235. The molecule has 1 fully saturated rings. The van der Waals surface area contributed by atoms with Crippen LogP contribution in [0.1, 0.15) is 23.8 Å². The van der Waals surface area contributed by atoms with E-state index in [2.05, 4.69) is 0 Å². The Balaban J connectivity index is 1.88. The summed E-state index contributed by atoms with van der Waals surface area (Å²) < 4.78 is 16.5. The Morgan fingerprint density at radius 3 is 2.54 bits per heavy atom. The summed E-state index contributed by atoms with van der Waals surface area (Å²) in [6, 6.07) is 13.2. The van der Waals surface area contributed by atoms with Crippen molar-refractivity contribution in [3.63, 3.8) is 0 Å². The molecule has 7 heteroatoms. The van der Waals surface area contributed by atoms with Gasteiger partial charge < -0.3 is 14.2 Å². The average molecular weight is 328 g/mol. The molecule has 124 valence electrons. The summed E-state index contributed by atoms with van der Waals surface area (Å²) in [5.74, 6) is -0.176. The first-order chi connectivity index (χ1) is 11.6. The highest BCUT2D eigenvalue weighted by Gasteiger charge is 2.23. The van der Waals surface area contributed by atoms with Gasteiger partial charge in [-0.2, -0.15) is 0 Å². The normalized spacial score (nSPS) is 15.0. The molecule has 0 aromatic heterocycles. The fraction of sp³-hybridized carbons (Fsp3) is 0.235. The predicted molar refractivity (Wildman–Crippen MR) is 86.3 cm³/mol. The van der Waals surface area contributed by atoms with E-state index in [1.807, 2.05) is 6.07 Å². The Morgan fingerprint density at radius 1 is 1.17 bits per heavy atom. The molecule has 1 aliphatic rings. The lowest BCUT2D eigenvalue weighted by Gasteiger charge is -2.23. The highest BCUT2D eigenvalue weighted by Crippen LogP contribution is 2.33. The van der Waals surface area contributed by atoms with Gasteiger partial charge in [-0.1, -0.05) is 18.2 Å². The van der Waals surface area contributed by atoms with Crippen molar-refractivity contribution in [2.75, 3.05) is 13.2 Å². The fourth-order valence-electron chi connectivity index (χ4n) is 2.35. The summed E-state index contributed by atoms with van der Waals surface area (Å²) in [5.41, 5.74) is 0.939. The minimum Gasteiger partial charge on any atom is -0.432 e. The number of nitrogens with zero attached hydrogens (tertiary/aromatic N) is 1. The van der Waals surface area contributed by atoms with Crippen molar-refractivity contribution < 1.29 is 19.1 Å². The molecule has 1 aliphatic heterocycles. The van der Waals surface area contributed by atoms with E-state index in [0.29, 0.717) is 24.3 Å². The van der Waals surface area contributed by atoms with Gasteiger partial charge in [0.05, 0.1) is 18.1 Å². The Labute approximate surface area is 138 Å². The van der Waals surface area contributed by atoms with Gasteiger partial charge >= 0.3 is 5.69 Å². The second-order valence-electron chi connectivity index (χ2n) is 5.21. The molecule has 3 rings (SSSR count). The van der Waals surface area contributed by atoms with Crippen LogP contribution in [0.25, 0.3) is 0 Å². The monoisotopic (exact) mass is 328 g/mol. The minimum atomic E-state index is -0.576. The third kappa shape index (κ3) is 3.58. The second-order valence-corrected chi connectivity index (χ2v) is 5.21. The quantitative estimate of drug-likeness (QED) is 0.401. The molecule has 0 unspecified atom stereocenters. The molecular weight excluding hydrogens is 312 g/mol. The number of benzene rings is 2. The minimum absolute atomic E-state index is 0.0101. The van der Waals surface area contributed by atoms with Gasteiger partial charge in [0.2, 0.25) is 11.6 Å². The Hall–Kier alpha value is -2.77. The number of nitro groups is 1. The van der Waals surface area contributed by atoms with Crippen LogP contribution in [0.2, 0.25) is 0 Å². The third-order valence-corrected chi connectivity index (χ3v) is 3.53. The number of ether oxygens (including phenoxy) is 3. The van der Waals surface area contributed by atoms with Crippen LogP contribution in [0.4, 0.5) is 5.69 Å². The predicted octanol–water partition coefficient (Wildman–Crippen LogP) is 3.43. The zero-order chi connectivity index (χ0) is 16.9. The molecule has 0 spiro atoms. The van der Waals surface area contributed by atoms with Crippen LogP contribution in [0.3, 0.4) is 0 Å². The molecule has 1 N–H and O–H groups in total. The molecule has 0 radical (unpaired) electrons. The van der Waals surface area contributed by atoms with Crippen molar-refractivity contribution >= 4 is 11.6 Å². The number of hydrogen-bond donors (Lipinski definition) is 1. The highest BCUT2D eigenvalue weighted by molar-refractivity contribution is 5.93. The molecule has 1 heterocycles. The Bertz CT molecular complexity index is 742. The lowest BCUT2D eigenvalue weighted by Crippen LogP contribution is -2.18. The van der Waals surface area contributed by atoms with Gasteiger partial charge in [0.1, 0.15) is 0 Å². The van der Waals surface area contributed by atoms with Gasteiger partial charge in [0, 0.05) is 17.2 Å². The third-order valence-electron chi connectivity index (χ3n) is 3.53. The van der Waals surface area contributed by atoms with Crippen LogP contribution in [0.15, 0.2) is 48.5 Å². The van der Waals surface area contributed by atoms with Crippen LogP contribution in [0, 0.1) is 15.5 Å². The molecule has 0 amide bonds. The first-order valence-electron chi connectivity index (χ1n) is 7.48. The lowest BCUT2D eigenvalue weighted by atomic mass is 10.1. The first kappa shape index (κ1) is 16.1. The van der Waals surface area contributed by atoms with Crippen LogP contribution in [-0.4, -0.2) is 24.0 Å². The van der Waals surface area contributed by atoms with Crippen molar-refractivity contribution in [1.29, 1.82) is 5.41 Å². The van der Waals surface area contributed by atoms with Crippen molar-refractivity contribution in [3.8, 4) is 5.75 Å². The smallest absolute Gasteiger partial charge is 0.311 e. The van der Waals surface area contributed by atoms with Gasteiger partial charge in [-0.05, 0) is 30.7 Å². The molecule has 0 bridgehead atoms. The topological polar surface area (TPSA) is 94.7 Å². The fourth-order valence-corrected chi connectivity index (χ4v) is 2.35. The summed E-state index contributed by atoms with van der Waals surface area (Å²) in [4.78, 5) is 10.7. The van der Waals surface area contributed by atoms with Crippen LogP contribution >= 0.6 is 0 Å². The maximum atomic E-state index is 11.2. The highest BCUT2D eigenvalue weighted by atomic mass is 16.7. The lowest BCUT2D eigenvalue weighted by molar-refractivity contribution is -0.385. The number of nitrogens with one attached hydrogen (secondary N) is 1. The van der Waals surface area contributed by atoms with Crippen molar-refractivity contribution in [1.82, 2.24) is 0 Å². The number of hydrogen-bond acceptors (Lipinski definition) is 6. The molecule has 0 saturated carbocycles. The van der Waals surface area contributed by atoms with Crippen LogP contribution in [-0.2, 0) is 9.47 Å². The van der Waals surface area contributed by atoms with Crippen LogP contribution < -0.4 is 4.74 Å². The first-order valence-corrected chi connectivity index (χ1v) is 7.48. The molecule has 7 nitrogen and oxygen atoms in total. The van der Waals surface area contributed by atoms with E-state index < -0.39 is 11.2 Å². The summed E-state index contributed by atoms with van der Waals surface area (Å²) in [6.45, 7) is 1.13. The molecule has 0 atom stereocenters. The summed E-state index contributed by atoms with van der Waals surface area (Å²) >= 11 is 0. The summed E-state index contributed by atoms with van der Waals surface area (Å²) in [5, 5.41) is 19.2. The molecule has 1 saturated heterocycles. The van der Waals surface area contributed by atoms with Crippen LogP contribution in [0.5, 0.6) is 5.75 Å². The van der Waals surface area contributed by atoms with E-state index in [1.54, 1.807) is 30.3 Å². The summed E-state index contributed by atoms with van der Waals surface area (Å²) in [7, 11) is 0. The van der Waals surface area contributed by atoms with E-state index in [0.717, 1.165) is 6.42 Å². The second kappa shape index (κ2) is 7.20. The van der Waals surface area contributed by atoms with E-state index in [-0.39, 0.29) is 17.3 Å². The van der Waals surface area contributed by atoms with Crippen molar-refractivity contribution in [2.24, 2.45) is 0 Å². The zero-order valence-electron chi connectivity index (χ0n) is 12.8. The molecule has 0 aliphatic carbocycles. The van der Waals surface area contributed by atoms with Gasteiger partial charge in [0.25, 0.3) is 0 Å². The molecule has 2 aromatic rings. The Morgan fingerprint density at radius 2 is 1.88 bits per heavy atom. The molecule has 24 heavy (non-hydrogen) atoms. The van der Waals surface area contributed by atoms with Crippen molar-refractivity contribution in [2.45, 2.75) is 12.7 Å². The number of rotatable bonds is 4. The maximum Gasteiger partial charge on any atom is 0.311 e. The molecule has 2 aromatic carbocycles. The van der Waals surface area contributed by atoms with E-state index >= 15 is 0 Å². The van der Waals surface area contributed by atoms with E-state index in [9.17, 15) is 10.1 Å².